The summed E-state index contributed by atoms with van der Waals surface area (Å²) < 4.78 is 4.74. The molecule has 0 bridgehead atoms. The third-order valence-corrected chi connectivity index (χ3v) is 2.86. The maximum atomic E-state index is 12.0. The van der Waals surface area contributed by atoms with Gasteiger partial charge in [0.15, 0.2) is 0 Å². The van der Waals surface area contributed by atoms with Gasteiger partial charge in [0, 0.05) is 0 Å². The van der Waals surface area contributed by atoms with Crippen LogP contribution in [0.4, 0.5) is 0 Å². The Labute approximate surface area is 125 Å². The van der Waals surface area contributed by atoms with Crippen LogP contribution in [0.25, 0.3) is 0 Å². The van der Waals surface area contributed by atoms with E-state index < -0.39 is 11.6 Å². The van der Waals surface area contributed by atoms with Crippen LogP contribution < -0.4 is 0 Å². The molecule has 0 amide bonds. The van der Waals surface area contributed by atoms with Crippen LogP contribution in [0.3, 0.4) is 0 Å². The molecular weight excluding hydrogens is 234 g/mol. The van der Waals surface area contributed by atoms with Gasteiger partial charge in [-0.1, -0.05) is 60.7 Å². The van der Waals surface area contributed by atoms with Crippen molar-refractivity contribution in [3.8, 4) is 0 Å². The standard InChI is InChI=1S/C14H13BO3.Li.H/c15-18-13(16)14(17,11-7-3-1-4-8-11)12-9-5-2-6-10-12;;/h1-10,17H,15H2;;. The molecule has 0 saturated carbocycles. The second-order valence-corrected chi connectivity index (χ2v) is 3.93. The molecule has 0 spiro atoms. The van der Waals surface area contributed by atoms with Crippen molar-refractivity contribution in [3.63, 3.8) is 0 Å². The average Bonchev–Trinajstić information content (AvgIpc) is 2.47. The van der Waals surface area contributed by atoms with E-state index in [-0.39, 0.29) is 18.9 Å². The van der Waals surface area contributed by atoms with Gasteiger partial charge in [0.2, 0.25) is 5.60 Å². The molecule has 1 N–H and O–H groups in total. The van der Waals surface area contributed by atoms with Crippen LogP contribution >= 0.6 is 0 Å². The van der Waals surface area contributed by atoms with E-state index in [0.717, 1.165) is 0 Å². The van der Waals surface area contributed by atoms with Gasteiger partial charge >= 0.3 is 32.9 Å². The number of carbonyl (C=O) groups is 1. The topological polar surface area (TPSA) is 46.5 Å². The fourth-order valence-corrected chi connectivity index (χ4v) is 1.91. The van der Waals surface area contributed by atoms with Crippen molar-refractivity contribution in [1.29, 1.82) is 0 Å². The molecule has 3 nitrogen and oxygen atoms in total. The normalized spacial score (nSPS) is 10.4. The summed E-state index contributed by atoms with van der Waals surface area (Å²) in [5.74, 6) is -0.695. The Kier molecular flexibility index (Phi) is 5.44. The van der Waals surface area contributed by atoms with Crippen LogP contribution in [0.15, 0.2) is 60.7 Å². The monoisotopic (exact) mass is 248 g/mol. The Morgan fingerprint density at radius 3 is 1.63 bits per heavy atom. The number of hydrogen-bond donors (Lipinski definition) is 1. The average molecular weight is 248 g/mol. The van der Waals surface area contributed by atoms with E-state index in [4.69, 9.17) is 4.65 Å². The third-order valence-electron chi connectivity index (χ3n) is 2.86. The quantitative estimate of drug-likeness (QED) is 0.798. The Hall–Kier alpha value is -1.47. The van der Waals surface area contributed by atoms with Crippen molar-refractivity contribution < 1.29 is 14.6 Å². The molecule has 0 aliphatic carbocycles. The Bertz CT molecular complexity index is 491. The van der Waals surface area contributed by atoms with E-state index in [0.29, 0.717) is 11.1 Å². The summed E-state index contributed by atoms with van der Waals surface area (Å²) in [6, 6.07) is 17.5. The van der Waals surface area contributed by atoms with Gasteiger partial charge in [-0.25, -0.2) is 4.79 Å². The molecule has 2 aromatic carbocycles. The van der Waals surface area contributed by atoms with E-state index in [9.17, 15) is 9.90 Å². The first kappa shape index (κ1) is 15.6. The Balaban J connectivity index is 0.00000180. The third kappa shape index (κ3) is 2.93. The van der Waals surface area contributed by atoms with Crippen LogP contribution in [0.1, 0.15) is 11.1 Å². The molecule has 0 unspecified atom stereocenters. The molecule has 2 rings (SSSR count). The molecule has 0 saturated heterocycles. The number of carbonyl (C=O) groups excluding carboxylic acids is 1. The predicted octanol–water partition coefficient (Wildman–Crippen LogP) is 0.365. The van der Waals surface area contributed by atoms with Gasteiger partial charge in [-0.3, -0.25) is 0 Å². The SMILES string of the molecule is BOC(=O)C(O)(c1ccccc1)c1ccccc1.[LiH]. The summed E-state index contributed by atoms with van der Waals surface area (Å²) in [6.45, 7) is 0. The molecule has 0 aromatic heterocycles. The molecular formula is C14H14BLiO3. The van der Waals surface area contributed by atoms with E-state index in [1.165, 1.54) is 8.05 Å². The molecule has 5 heteroatoms. The fraction of sp³-hybridized carbons (Fsp3) is 0.0714. The Morgan fingerprint density at radius 2 is 1.32 bits per heavy atom. The first-order valence-corrected chi connectivity index (χ1v) is 5.61. The van der Waals surface area contributed by atoms with Gasteiger partial charge in [-0.2, -0.15) is 0 Å². The molecule has 0 heterocycles. The minimum absolute atomic E-state index is 0. The van der Waals surface area contributed by atoms with Crippen LogP contribution in [-0.4, -0.2) is 38.0 Å². The molecule has 0 atom stereocenters. The van der Waals surface area contributed by atoms with Crippen LogP contribution in [0.2, 0.25) is 0 Å². The number of rotatable bonds is 3. The maximum absolute atomic E-state index is 12.0. The predicted molar refractivity (Wildman–Crippen MR) is 77.7 cm³/mol. The first-order chi connectivity index (χ1) is 8.69. The van der Waals surface area contributed by atoms with Crippen molar-refractivity contribution in [1.82, 2.24) is 0 Å². The first-order valence-electron chi connectivity index (χ1n) is 5.61. The molecule has 0 aliphatic heterocycles. The Morgan fingerprint density at radius 1 is 0.947 bits per heavy atom. The number of hydrogen-bond acceptors (Lipinski definition) is 3. The summed E-state index contributed by atoms with van der Waals surface area (Å²) in [5, 5.41) is 10.7. The summed E-state index contributed by atoms with van der Waals surface area (Å²) in [4.78, 5) is 12.0. The second-order valence-electron chi connectivity index (χ2n) is 3.93. The van der Waals surface area contributed by atoms with Crippen LogP contribution in [0.5, 0.6) is 0 Å². The summed E-state index contributed by atoms with van der Waals surface area (Å²) in [7, 11) is 1.26. The van der Waals surface area contributed by atoms with E-state index >= 15 is 0 Å². The van der Waals surface area contributed by atoms with E-state index in [1.54, 1.807) is 48.5 Å². The van der Waals surface area contributed by atoms with Gasteiger partial charge < -0.3 is 9.76 Å². The van der Waals surface area contributed by atoms with Crippen molar-refractivity contribution in [3.05, 3.63) is 71.8 Å². The number of benzene rings is 2. The van der Waals surface area contributed by atoms with Crippen molar-refractivity contribution in [2.24, 2.45) is 0 Å². The summed E-state index contributed by atoms with van der Waals surface area (Å²) in [5.41, 5.74) is -0.789. The zero-order chi connectivity index (χ0) is 13.0. The molecule has 2 aromatic rings. The van der Waals surface area contributed by atoms with Crippen LogP contribution in [-0.2, 0) is 15.0 Å². The molecule has 0 radical (unpaired) electrons. The zero-order valence-electron chi connectivity index (χ0n) is 10.0. The van der Waals surface area contributed by atoms with E-state index in [1.807, 2.05) is 12.1 Å². The molecule has 0 fully saturated rings. The van der Waals surface area contributed by atoms with Gasteiger partial charge in [-0.05, 0) is 11.1 Å². The fourth-order valence-electron chi connectivity index (χ4n) is 1.91. The van der Waals surface area contributed by atoms with Crippen molar-refractivity contribution in [2.45, 2.75) is 5.60 Å². The second kappa shape index (κ2) is 6.63. The van der Waals surface area contributed by atoms with Crippen molar-refractivity contribution >= 4 is 32.9 Å². The van der Waals surface area contributed by atoms with E-state index in [2.05, 4.69) is 0 Å². The van der Waals surface area contributed by atoms with Gasteiger partial charge in [0.1, 0.15) is 0 Å². The van der Waals surface area contributed by atoms with Gasteiger partial charge in [-0.15, -0.1) is 0 Å². The van der Waals surface area contributed by atoms with Gasteiger partial charge in [0.25, 0.3) is 0 Å². The number of aliphatic hydroxyl groups is 1. The summed E-state index contributed by atoms with van der Waals surface area (Å²) in [6.07, 6.45) is 0. The van der Waals surface area contributed by atoms with Crippen LogP contribution in [0, 0.1) is 0 Å². The molecule has 0 aliphatic rings. The summed E-state index contributed by atoms with van der Waals surface area (Å²) >= 11 is 0. The molecule has 92 valence electrons. The van der Waals surface area contributed by atoms with Gasteiger partial charge in [0.05, 0.1) is 0 Å². The molecule has 19 heavy (non-hydrogen) atoms. The van der Waals surface area contributed by atoms with Crippen molar-refractivity contribution in [2.75, 3.05) is 0 Å². The zero-order valence-corrected chi connectivity index (χ0v) is 10.0. The minimum atomic E-state index is -1.77.